The number of allylic oxidation sites excluding steroid dienone is 4. The van der Waals surface area contributed by atoms with Crippen molar-refractivity contribution in [2.45, 2.75) is 116 Å². The molecular weight excluding hydrogens is 703 g/mol. The summed E-state index contributed by atoms with van der Waals surface area (Å²) in [6, 6.07) is 17.8. The predicted octanol–water partition coefficient (Wildman–Crippen LogP) is 8.36. The normalized spacial score (nSPS) is 42.5. The first-order chi connectivity index (χ1) is 26.5. The topological polar surface area (TPSA) is 117 Å². The van der Waals surface area contributed by atoms with Crippen LogP contribution in [0.15, 0.2) is 89.1 Å². The van der Waals surface area contributed by atoms with Crippen LogP contribution in [0.3, 0.4) is 0 Å². The summed E-state index contributed by atoms with van der Waals surface area (Å²) in [4.78, 5) is 45.5. The lowest BCUT2D eigenvalue weighted by Gasteiger charge is -2.71. The van der Waals surface area contributed by atoms with Crippen LogP contribution in [0.25, 0.3) is 10.8 Å². The molecule has 2 heterocycles. The zero-order valence-electron chi connectivity index (χ0n) is 33.4. The molecule has 3 aromatic rings. The van der Waals surface area contributed by atoms with E-state index in [4.69, 9.17) is 9.15 Å². The number of carbonyl (C=O) groups is 3. The first kappa shape index (κ1) is 36.3. The van der Waals surface area contributed by atoms with E-state index in [1.54, 1.807) is 18.4 Å². The molecule has 2 spiro atoms. The van der Waals surface area contributed by atoms with Crippen LogP contribution in [0.1, 0.15) is 109 Å². The SMILES string of the molecule is CC1(C)[C@@]2(C)CC[C@]1(C(=O)N(Cc1cccc3ccccc13)C[C@]1(O)CC[C@H]3[C@]45C=C[C@@]6(C=C4C(=O)c4ccco4)CC(O)CC[C@]6(C)[C@H]5CC[C@@]31C)OC2=O. The minimum Gasteiger partial charge on any atom is -0.461 e. The van der Waals surface area contributed by atoms with Crippen LogP contribution >= 0.6 is 0 Å². The number of Topliss-reactive ketones (excluding diaryl/α,β-unsaturated/α-hetero) is 1. The van der Waals surface area contributed by atoms with Crippen LogP contribution in [-0.2, 0) is 20.9 Å². The van der Waals surface area contributed by atoms with Crippen molar-refractivity contribution in [1.29, 1.82) is 0 Å². The van der Waals surface area contributed by atoms with Crippen molar-refractivity contribution < 1.29 is 33.8 Å². The molecule has 4 bridgehead atoms. The fourth-order valence-electron chi connectivity index (χ4n) is 14.3. The molecule has 11 rings (SSSR count). The Hall–Kier alpha value is -4.01. The van der Waals surface area contributed by atoms with Gasteiger partial charge in [-0.3, -0.25) is 14.4 Å². The fraction of sp³-hybridized carbons (Fsp3) is 0.562. The van der Waals surface area contributed by atoms with E-state index in [1.165, 1.54) is 0 Å². The summed E-state index contributed by atoms with van der Waals surface area (Å²) in [5, 5.41) is 26.6. The fourth-order valence-corrected chi connectivity index (χ4v) is 14.3. The van der Waals surface area contributed by atoms with E-state index < -0.39 is 44.4 Å². The Morgan fingerprint density at radius 1 is 0.839 bits per heavy atom. The molecule has 10 atom stereocenters. The maximum absolute atomic E-state index is 15.5. The lowest BCUT2D eigenvalue weighted by Crippen LogP contribution is -2.67. The van der Waals surface area contributed by atoms with Crippen LogP contribution in [0.5, 0.6) is 0 Å². The van der Waals surface area contributed by atoms with Gasteiger partial charge in [-0.1, -0.05) is 88.4 Å². The number of ether oxygens (including phenoxy) is 1. The molecule has 1 aromatic heterocycles. The van der Waals surface area contributed by atoms with Crippen molar-refractivity contribution in [3.8, 4) is 0 Å². The Balaban J connectivity index is 1.08. The number of nitrogens with zero attached hydrogens (tertiary/aromatic N) is 1. The third-order valence-electron chi connectivity index (χ3n) is 18.1. The summed E-state index contributed by atoms with van der Waals surface area (Å²) in [6.07, 6.45) is 13.8. The Morgan fingerprint density at radius 2 is 1.57 bits per heavy atom. The number of aliphatic hydroxyl groups is 2. The van der Waals surface area contributed by atoms with Crippen LogP contribution in [0.4, 0.5) is 0 Å². The Morgan fingerprint density at radius 3 is 2.30 bits per heavy atom. The van der Waals surface area contributed by atoms with Gasteiger partial charge in [0.05, 0.1) is 29.9 Å². The van der Waals surface area contributed by atoms with Crippen LogP contribution in [0.2, 0.25) is 0 Å². The van der Waals surface area contributed by atoms with Crippen molar-refractivity contribution in [1.82, 2.24) is 4.90 Å². The number of furan rings is 1. The molecule has 8 nitrogen and oxygen atoms in total. The maximum atomic E-state index is 15.5. The second-order valence-corrected chi connectivity index (χ2v) is 20.1. The molecule has 8 heteroatoms. The third kappa shape index (κ3) is 4.15. The van der Waals surface area contributed by atoms with Gasteiger partial charge in [0.1, 0.15) is 0 Å². The second-order valence-electron chi connectivity index (χ2n) is 20.1. The van der Waals surface area contributed by atoms with Gasteiger partial charge in [0.15, 0.2) is 11.4 Å². The number of rotatable bonds is 7. The predicted molar refractivity (Wildman–Crippen MR) is 211 cm³/mol. The monoisotopic (exact) mass is 757 g/mol. The summed E-state index contributed by atoms with van der Waals surface area (Å²) in [6.45, 7) is 10.8. The van der Waals surface area contributed by atoms with Crippen molar-refractivity contribution >= 4 is 28.4 Å². The number of fused-ring (bicyclic) bond motifs is 4. The molecule has 0 radical (unpaired) electrons. The summed E-state index contributed by atoms with van der Waals surface area (Å²) >= 11 is 0. The Kier molecular flexibility index (Phi) is 7.36. The largest absolute Gasteiger partial charge is 0.461 e. The van der Waals surface area contributed by atoms with Gasteiger partial charge < -0.3 is 24.3 Å². The molecule has 2 aromatic carbocycles. The molecule has 1 amide bonds. The highest BCUT2D eigenvalue weighted by atomic mass is 16.6. The second kappa shape index (κ2) is 11.3. The molecule has 2 N–H and O–H groups in total. The summed E-state index contributed by atoms with van der Waals surface area (Å²) in [5.41, 5.74) is -4.38. The maximum Gasteiger partial charge on any atom is 0.313 e. The first-order valence-corrected chi connectivity index (χ1v) is 20.9. The van der Waals surface area contributed by atoms with Crippen molar-refractivity contribution in [3.63, 3.8) is 0 Å². The van der Waals surface area contributed by atoms with E-state index in [1.807, 2.05) is 43.9 Å². The van der Waals surface area contributed by atoms with Crippen molar-refractivity contribution in [2.75, 3.05) is 6.54 Å². The first-order valence-electron chi connectivity index (χ1n) is 20.9. The summed E-state index contributed by atoms with van der Waals surface area (Å²) < 4.78 is 12.0. The number of ketones is 1. The van der Waals surface area contributed by atoms with E-state index in [0.29, 0.717) is 37.9 Å². The van der Waals surface area contributed by atoms with Gasteiger partial charge in [-0.15, -0.1) is 0 Å². The molecule has 294 valence electrons. The molecular formula is C48H55NO7. The van der Waals surface area contributed by atoms with Crippen LogP contribution < -0.4 is 0 Å². The average molecular weight is 758 g/mol. The van der Waals surface area contributed by atoms with Gasteiger partial charge in [0, 0.05) is 33.8 Å². The molecule has 1 unspecified atom stereocenters. The van der Waals surface area contributed by atoms with Crippen molar-refractivity contribution in [3.05, 3.63) is 96.0 Å². The Labute approximate surface area is 329 Å². The van der Waals surface area contributed by atoms with Crippen LogP contribution in [0, 0.1) is 44.3 Å². The highest BCUT2D eigenvalue weighted by Gasteiger charge is 2.78. The van der Waals surface area contributed by atoms with Crippen molar-refractivity contribution in [2.24, 2.45) is 44.3 Å². The Bertz CT molecular complexity index is 2250. The van der Waals surface area contributed by atoms with Gasteiger partial charge in [-0.2, -0.15) is 0 Å². The van der Waals surface area contributed by atoms with E-state index in [9.17, 15) is 19.8 Å². The quantitative estimate of drug-likeness (QED) is 0.141. The van der Waals surface area contributed by atoms with Gasteiger partial charge in [-0.25, -0.2) is 0 Å². The van der Waals surface area contributed by atoms with Gasteiger partial charge in [-0.05, 0) is 110 Å². The number of aliphatic hydroxyl groups excluding tert-OH is 1. The molecule has 4 saturated carbocycles. The highest BCUT2D eigenvalue weighted by Crippen LogP contribution is 2.78. The molecule has 8 aliphatic rings. The van der Waals surface area contributed by atoms with E-state index >= 15 is 4.79 Å². The summed E-state index contributed by atoms with van der Waals surface area (Å²) in [5.74, 6) is -0.327. The zero-order valence-corrected chi connectivity index (χ0v) is 33.4. The number of amides is 1. The number of benzene rings is 2. The van der Waals surface area contributed by atoms with Gasteiger partial charge in [0.2, 0.25) is 5.78 Å². The number of hydrogen-bond donors (Lipinski definition) is 2. The lowest BCUT2D eigenvalue weighted by molar-refractivity contribution is -0.187. The molecule has 5 fully saturated rings. The highest BCUT2D eigenvalue weighted by molar-refractivity contribution is 6.09. The minimum atomic E-state index is -1.33. The van der Waals surface area contributed by atoms with E-state index in [-0.39, 0.29) is 48.0 Å². The number of esters is 1. The molecule has 7 aliphatic carbocycles. The van der Waals surface area contributed by atoms with E-state index in [2.05, 4.69) is 56.3 Å². The summed E-state index contributed by atoms with van der Waals surface area (Å²) in [7, 11) is 0. The van der Waals surface area contributed by atoms with Gasteiger partial charge in [0.25, 0.3) is 5.91 Å². The van der Waals surface area contributed by atoms with E-state index in [0.717, 1.165) is 47.6 Å². The minimum absolute atomic E-state index is 0.0805. The molecule has 1 saturated heterocycles. The smallest absolute Gasteiger partial charge is 0.313 e. The number of carbonyl (C=O) groups excluding carboxylic acids is 3. The molecule has 1 aliphatic heterocycles. The average Bonchev–Trinajstić information content (AvgIpc) is 3.89. The van der Waals surface area contributed by atoms with Crippen LogP contribution in [-0.4, -0.2) is 56.6 Å². The van der Waals surface area contributed by atoms with Gasteiger partial charge >= 0.3 is 5.97 Å². The lowest BCUT2D eigenvalue weighted by atomic mass is 9.32. The third-order valence-corrected chi connectivity index (χ3v) is 18.1. The standard InChI is InChI=1S/C48H55NO7/c1-41(2)44(5)21-24-48(41,56-40(44)53)39(52)49(28-31-12-8-11-30-10-6-7-13-33(30)31)29-46(54)20-17-37-43(46,4)19-16-36-42(3)18-15-32(50)26-45(42)22-23-47(36,37)34(27-45)38(51)35-14-9-25-55-35/h6-14,22-23,25,27,32,36-37,50,54H,15-21,24,26,28-29H2,1-5H3/t32?,36-,37-,42-,43+,44+,45+,46-,47-,48-/m1/s1. The molecule has 56 heavy (non-hydrogen) atoms. The zero-order chi connectivity index (χ0) is 39.3. The number of hydrogen-bond acceptors (Lipinski definition) is 7.